The second-order valence-electron chi connectivity index (χ2n) is 3.25. The molecule has 0 saturated heterocycles. The number of halogens is 2. The summed E-state index contributed by atoms with van der Waals surface area (Å²) >= 11 is 9.43. The Labute approximate surface area is 92.4 Å². The van der Waals surface area contributed by atoms with Gasteiger partial charge in [0.2, 0.25) is 0 Å². The van der Waals surface area contributed by atoms with E-state index in [1.54, 1.807) is 0 Å². The van der Waals surface area contributed by atoms with Crippen molar-refractivity contribution in [3.63, 3.8) is 0 Å². The molecule has 1 nitrogen and oxygen atoms in total. The highest BCUT2D eigenvalue weighted by molar-refractivity contribution is 9.10. The van der Waals surface area contributed by atoms with Crippen molar-refractivity contribution in [1.29, 1.82) is 0 Å². The van der Waals surface area contributed by atoms with Crippen LogP contribution in [0.15, 0.2) is 22.7 Å². The Balaban J connectivity index is 2.70. The maximum atomic E-state index is 6.02. The molecule has 0 bridgehead atoms. The maximum absolute atomic E-state index is 6.02. The smallest absolute Gasteiger partial charge is 0.0438 e. The molecule has 0 aliphatic rings. The van der Waals surface area contributed by atoms with Gasteiger partial charge in [0, 0.05) is 15.5 Å². The largest absolute Gasteiger partial charge is 0.328 e. The van der Waals surface area contributed by atoms with Gasteiger partial charge in [-0.3, -0.25) is 0 Å². The van der Waals surface area contributed by atoms with E-state index in [2.05, 4.69) is 15.9 Å². The van der Waals surface area contributed by atoms with E-state index >= 15 is 0 Å². The average molecular weight is 263 g/mol. The second kappa shape index (κ2) is 4.99. The van der Waals surface area contributed by atoms with Crippen LogP contribution in [0.3, 0.4) is 0 Å². The zero-order valence-electron chi connectivity index (χ0n) is 7.56. The van der Waals surface area contributed by atoms with Crippen LogP contribution in [0.2, 0.25) is 5.02 Å². The normalized spacial score (nSPS) is 12.9. The summed E-state index contributed by atoms with van der Waals surface area (Å²) < 4.78 is 1.07. The van der Waals surface area contributed by atoms with Gasteiger partial charge in [0.05, 0.1) is 0 Å². The Kier molecular flexibility index (Phi) is 4.23. The Bertz CT molecular complexity index is 286. The van der Waals surface area contributed by atoms with Crippen molar-refractivity contribution in [2.45, 2.75) is 25.8 Å². The van der Waals surface area contributed by atoms with Gasteiger partial charge in [-0.2, -0.15) is 0 Å². The first-order chi connectivity index (χ1) is 6.09. The van der Waals surface area contributed by atoms with E-state index in [1.807, 2.05) is 25.1 Å². The lowest BCUT2D eigenvalue weighted by atomic mass is 10.1. The van der Waals surface area contributed by atoms with E-state index in [-0.39, 0.29) is 6.04 Å². The lowest BCUT2D eigenvalue weighted by Gasteiger charge is -2.07. The van der Waals surface area contributed by atoms with Gasteiger partial charge in [0.25, 0.3) is 0 Å². The van der Waals surface area contributed by atoms with E-state index in [4.69, 9.17) is 17.3 Å². The van der Waals surface area contributed by atoms with Crippen molar-refractivity contribution >= 4 is 27.5 Å². The summed E-state index contributed by atoms with van der Waals surface area (Å²) in [5, 5.41) is 0.823. The molecule has 0 unspecified atom stereocenters. The molecule has 1 atom stereocenters. The second-order valence-corrected chi connectivity index (χ2v) is 4.57. The number of rotatable bonds is 3. The van der Waals surface area contributed by atoms with Crippen LogP contribution in [0.5, 0.6) is 0 Å². The quantitative estimate of drug-likeness (QED) is 0.888. The molecule has 1 rings (SSSR count). The standard InChI is InChI=1S/C10H13BrClN/c1-7(13)2-3-8-6-9(11)4-5-10(8)12/h4-7H,2-3,13H2,1H3/t7-/m0/s1. The first kappa shape index (κ1) is 11.0. The topological polar surface area (TPSA) is 26.0 Å². The van der Waals surface area contributed by atoms with Crippen LogP contribution in [0.25, 0.3) is 0 Å². The molecule has 1 aromatic rings. The lowest BCUT2D eigenvalue weighted by molar-refractivity contribution is 0.666. The van der Waals surface area contributed by atoms with E-state index in [0.717, 1.165) is 27.9 Å². The molecule has 0 spiro atoms. The molecule has 3 heteroatoms. The highest BCUT2D eigenvalue weighted by Crippen LogP contribution is 2.22. The third-order valence-corrected chi connectivity index (χ3v) is 2.74. The zero-order valence-corrected chi connectivity index (χ0v) is 9.90. The Hall–Kier alpha value is -0.0500. The van der Waals surface area contributed by atoms with Crippen molar-refractivity contribution in [2.24, 2.45) is 5.73 Å². The first-order valence-corrected chi connectivity index (χ1v) is 5.46. The molecule has 1 aromatic carbocycles. The highest BCUT2D eigenvalue weighted by atomic mass is 79.9. The number of aryl methyl sites for hydroxylation is 1. The monoisotopic (exact) mass is 261 g/mol. The Morgan fingerprint density at radius 3 is 2.85 bits per heavy atom. The molecular formula is C10H13BrClN. The molecule has 0 aliphatic heterocycles. The van der Waals surface area contributed by atoms with Gasteiger partial charge in [-0.25, -0.2) is 0 Å². The summed E-state index contributed by atoms with van der Waals surface area (Å²) in [7, 11) is 0. The van der Waals surface area contributed by atoms with E-state index in [1.165, 1.54) is 0 Å². The third-order valence-electron chi connectivity index (χ3n) is 1.88. The Morgan fingerprint density at radius 1 is 1.54 bits per heavy atom. The van der Waals surface area contributed by atoms with Crippen molar-refractivity contribution in [1.82, 2.24) is 0 Å². The zero-order chi connectivity index (χ0) is 9.84. The van der Waals surface area contributed by atoms with Crippen LogP contribution in [0, 0.1) is 0 Å². The van der Waals surface area contributed by atoms with Gasteiger partial charge in [0.15, 0.2) is 0 Å². The highest BCUT2D eigenvalue weighted by Gasteiger charge is 2.02. The van der Waals surface area contributed by atoms with Crippen molar-refractivity contribution in [2.75, 3.05) is 0 Å². The predicted octanol–water partition coefficient (Wildman–Crippen LogP) is 3.38. The summed E-state index contributed by atoms with van der Waals surface area (Å²) in [5.74, 6) is 0. The van der Waals surface area contributed by atoms with Crippen LogP contribution in [0.1, 0.15) is 18.9 Å². The van der Waals surface area contributed by atoms with Gasteiger partial charge in [0.1, 0.15) is 0 Å². The summed E-state index contributed by atoms with van der Waals surface area (Å²) in [6, 6.07) is 6.12. The fourth-order valence-electron chi connectivity index (χ4n) is 1.12. The van der Waals surface area contributed by atoms with Crippen LogP contribution in [-0.4, -0.2) is 6.04 Å². The van der Waals surface area contributed by atoms with Crippen LogP contribution >= 0.6 is 27.5 Å². The first-order valence-electron chi connectivity index (χ1n) is 4.29. The summed E-state index contributed by atoms with van der Waals surface area (Å²) in [6.45, 7) is 2.01. The number of nitrogens with two attached hydrogens (primary N) is 1. The summed E-state index contributed by atoms with van der Waals surface area (Å²) in [6.07, 6.45) is 1.91. The van der Waals surface area contributed by atoms with Crippen LogP contribution in [0.4, 0.5) is 0 Å². The van der Waals surface area contributed by atoms with Crippen molar-refractivity contribution in [3.05, 3.63) is 33.3 Å². The minimum Gasteiger partial charge on any atom is -0.328 e. The fraction of sp³-hybridized carbons (Fsp3) is 0.400. The van der Waals surface area contributed by atoms with E-state index in [0.29, 0.717) is 0 Å². The minimum absolute atomic E-state index is 0.232. The van der Waals surface area contributed by atoms with E-state index in [9.17, 15) is 0 Å². The molecular weight excluding hydrogens is 249 g/mol. The van der Waals surface area contributed by atoms with Crippen molar-refractivity contribution in [3.8, 4) is 0 Å². The number of hydrogen-bond donors (Lipinski definition) is 1. The Morgan fingerprint density at radius 2 is 2.23 bits per heavy atom. The summed E-state index contributed by atoms with van der Waals surface area (Å²) in [5.41, 5.74) is 6.83. The molecule has 0 aliphatic carbocycles. The predicted molar refractivity (Wildman–Crippen MR) is 61.1 cm³/mol. The van der Waals surface area contributed by atoms with Crippen LogP contribution < -0.4 is 5.73 Å². The summed E-state index contributed by atoms with van der Waals surface area (Å²) in [4.78, 5) is 0. The van der Waals surface area contributed by atoms with Crippen LogP contribution in [-0.2, 0) is 6.42 Å². The lowest BCUT2D eigenvalue weighted by Crippen LogP contribution is -2.15. The molecule has 0 amide bonds. The van der Waals surface area contributed by atoms with Gasteiger partial charge in [-0.15, -0.1) is 0 Å². The van der Waals surface area contributed by atoms with Crippen molar-refractivity contribution < 1.29 is 0 Å². The van der Waals surface area contributed by atoms with E-state index < -0.39 is 0 Å². The molecule has 0 saturated carbocycles. The molecule has 0 fully saturated rings. The molecule has 2 N–H and O–H groups in total. The minimum atomic E-state index is 0.232. The maximum Gasteiger partial charge on any atom is 0.0438 e. The average Bonchev–Trinajstić information content (AvgIpc) is 2.06. The van der Waals surface area contributed by atoms with Gasteiger partial charge in [-0.05, 0) is 43.5 Å². The molecule has 72 valence electrons. The van der Waals surface area contributed by atoms with Gasteiger partial charge >= 0.3 is 0 Å². The molecule has 0 aromatic heterocycles. The van der Waals surface area contributed by atoms with Gasteiger partial charge < -0.3 is 5.73 Å². The van der Waals surface area contributed by atoms with Gasteiger partial charge in [-0.1, -0.05) is 27.5 Å². The number of hydrogen-bond acceptors (Lipinski definition) is 1. The third kappa shape index (κ3) is 3.67. The molecule has 0 heterocycles. The molecule has 13 heavy (non-hydrogen) atoms. The number of benzene rings is 1. The fourth-order valence-corrected chi connectivity index (χ4v) is 1.74. The SMILES string of the molecule is C[C@H](N)CCc1cc(Br)ccc1Cl. The molecule has 0 radical (unpaired) electrons.